The van der Waals surface area contributed by atoms with Gasteiger partial charge in [0.2, 0.25) is 15.7 Å². The van der Waals surface area contributed by atoms with Crippen LogP contribution in [-0.4, -0.2) is 28.1 Å². The topological polar surface area (TPSA) is 126 Å². The lowest BCUT2D eigenvalue weighted by Gasteiger charge is -2.23. The molecule has 10 heteroatoms. The van der Waals surface area contributed by atoms with Crippen LogP contribution in [0.2, 0.25) is 0 Å². The quantitative estimate of drug-likeness (QED) is 0.345. The molecule has 4 rings (SSSR count). The van der Waals surface area contributed by atoms with Crippen molar-refractivity contribution < 1.29 is 17.9 Å². The molecular weight excluding hydrogens is 507 g/mol. The van der Waals surface area contributed by atoms with Gasteiger partial charge in [0.1, 0.15) is 11.6 Å². The van der Waals surface area contributed by atoms with E-state index in [4.69, 9.17) is 0 Å². The smallest absolute Gasteiger partial charge is 0.296 e. The Morgan fingerprint density at radius 1 is 1.11 bits per heavy atom. The molecule has 0 aliphatic heterocycles. The Labute approximate surface area is 219 Å². The maximum Gasteiger partial charge on any atom is 0.296 e. The summed E-state index contributed by atoms with van der Waals surface area (Å²) in [6.07, 6.45) is 4.31. The van der Waals surface area contributed by atoms with Gasteiger partial charge in [-0.25, -0.2) is 12.8 Å². The van der Waals surface area contributed by atoms with Gasteiger partial charge in [-0.05, 0) is 54.8 Å². The number of unbranched alkanes of at least 4 members (excludes halogenated alkanes) is 1. The summed E-state index contributed by atoms with van der Waals surface area (Å²) < 4.78 is 42.1. The average molecular weight is 533 g/mol. The zero-order chi connectivity index (χ0) is 27.4. The fourth-order valence-electron chi connectivity index (χ4n) is 4.23. The molecule has 8 nitrogen and oxygen atoms in total. The van der Waals surface area contributed by atoms with Crippen molar-refractivity contribution in [3.8, 4) is 23.1 Å². The SMILES string of the molecule is CCCCc1nc(=O)c(S(=O)(=O)c2ccc(-c3cncc(F)c3)cc2)c(O)n1[C@H](C)c1cccc(C#N)c1. The number of sulfone groups is 1. The zero-order valence-corrected chi connectivity index (χ0v) is 21.6. The number of pyridine rings is 1. The van der Waals surface area contributed by atoms with Crippen LogP contribution in [0.5, 0.6) is 5.88 Å². The van der Waals surface area contributed by atoms with E-state index in [9.17, 15) is 28.0 Å². The first-order chi connectivity index (χ1) is 18.2. The van der Waals surface area contributed by atoms with Gasteiger partial charge in [0.25, 0.3) is 5.56 Å². The lowest BCUT2D eigenvalue weighted by Crippen LogP contribution is -2.27. The monoisotopic (exact) mass is 532 g/mol. The molecule has 4 aromatic rings. The Balaban J connectivity index is 1.84. The Morgan fingerprint density at radius 3 is 2.50 bits per heavy atom. The molecule has 0 fully saturated rings. The second-order valence-electron chi connectivity index (χ2n) is 8.79. The number of nitrogens with zero attached hydrogens (tertiary/aromatic N) is 4. The normalized spacial score (nSPS) is 12.2. The Kier molecular flexibility index (Phi) is 7.69. The molecule has 0 amide bonds. The van der Waals surface area contributed by atoms with Gasteiger partial charge in [-0.2, -0.15) is 10.2 Å². The number of aryl methyl sites for hydroxylation is 1. The van der Waals surface area contributed by atoms with E-state index in [2.05, 4.69) is 16.0 Å². The molecule has 1 N–H and O–H groups in total. The minimum absolute atomic E-state index is 0.230. The second-order valence-corrected chi connectivity index (χ2v) is 10.7. The van der Waals surface area contributed by atoms with Gasteiger partial charge in [0.05, 0.1) is 28.8 Å². The minimum atomic E-state index is -4.48. The van der Waals surface area contributed by atoms with Crippen molar-refractivity contribution in [1.82, 2.24) is 14.5 Å². The van der Waals surface area contributed by atoms with Crippen LogP contribution in [0.4, 0.5) is 4.39 Å². The van der Waals surface area contributed by atoms with Gasteiger partial charge in [-0.15, -0.1) is 0 Å². The molecule has 194 valence electrons. The highest BCUT2D eigenvalue weighted by atomic mass is 32.2. The highest BCUT2D eigenvalue weighted by Gasteiger charge is 2.31. The summed E-state index contributed by atoms with van der Waals surface area (Å²) in [5, 5.41) is 20.6. The van der Waals surface area contributed by atoms with E-state index in [-0.39, 0.29) is 10.7 Å². The highest BCUT2D eigenvalue weighted by Crippen LogP contribution is 2.32. The molecule has 2 aromatic heterocycles. The fraction of sp³-hybridized carbons (Fsp3) is 0.214. The van der Waals surface area contributed by atoms with Crippen LogP contribution in [0.15, 0.2) is 81.6 Å². The molecule has 0 aliphatic carbocycles. The fourth-order valence-corrected chi connectivity index (χ4v) is 5.58. The molecule has 2 heterocycles. The molecule has 1 atom stereocenters. The first-order valence-corrected chi connectivity index (χ1v) is 13.5. The van der Waals surface area contributed by atoms with E-state index >= 15 is 0 Å². The molecular formula is C28H25FN4O4S. The molecule has 0 radical (unpaired) electrons. The van der Waals surface area contributed by atoms with Crippen LogP contribution in [0.1, 0.15) is 49.7 Å². The number of hydrogen-bond acceptors (Lipinski definition) is 7. The van der Waals surface area contributed by atoms with Crippen LogP contribution in [0.25, 0.3) is 11.1 Å². The van der Waals surface area contributed by atoms with Gasteiger partial charge in [0, 0.05) is 18.2 Å². The lowest BCUT2D eigenvalue weighted by atomic mass is 10.0. The second kappa shape index (κ2) is 10.9. The van der Waals surface area contributed by atoms with Crippen LogP contribution in [0, 0.1) is 17.1 Å². The summed E-state index contributed by atoms with van der Waals surface area (Å²) in [4.78, 5) is 19.8. The Bertz CT molecular complexity index is 1690. The number of benzene rings is 2. The van der Waals surface area contributed by atoms with Crippen LogP contribution in [0.3, 0.4) is 0 Å². The van der Waals surface area contributed by atoms with Crippen molar-refractivity contribution in [2.45, 2.75) is 48.9 Å². The van der Waals surface area contributed by atoms with Crippen molar-refractivity contribution in [3.63, 3.8) is 0 Å². The minimum Gasteiger partial charge on any atom is -0.493 e. The molecule has 0 unspecified atom stereocenters. The van der Waals surface area contributed by atoms with E-state index in [1.165, 1.54) is 41.1 Å². The van der Waals surface area contributed by atoms with Crippen molar-refractivity contribution in [2.24, 2.45) is 0 Å². The summed E-state index contributed by atoms with van der Waals surface area (Å²) in [5.41, 5.74) is 0.964. The number of aromatic nitrogens is 3. The van der Waals surface area contributed by atoms with E-state index in [0.717, 1.165) is 12.6 Å². The molecule has 38 heavy (non-hydrogen) atoms. The third-order valence-electron chi connectivity index (χ3n) is 6.25. The number of rotatable bonds is 8. The molecule has 0 saturated carbocycles. The third kappa shape index (κ3) is 5.19. The predicted octanol–water partition coefficient (Wildman–Crippen LogP) is 4.81. The largest absolute Gasteiger partial charge is 0.493 e. The van der Waals surface area contributed by atoms with Gasteiger partial charge in [-0.3, -0.25) is 14.3 Å². The molecule has 0 aliphatic rings. The Morgan fingerprint density at radius 2 is 1.84 bits per heavy atom. The summed E-state index contributed by atoms with van der Waals surface area (Å²) in [6, 6.07) is 14.9. The average Bonchev–Trinajstić information content (AvgIpc) is 2.91. The zero-order valence-electron chi connectivity index (χ0n) is 20.8. The molecule has 0 spiro atoms. The standard InChI is InChI=1S/C28H25FN4O4S/c1-3-4-8-25-32-27(34)26(28(35)33(25)18(2)21-7-5-6-19(13-21)15-30)38(36,37)24-11-9-20(10-12-24)22-14-23(29)17-31-16-22/h5-7,9-14,16-18,35H,3-4,8H2,1-2H3/t18-/m1/s1. The highest BCUT2D eigenvalue weighted by molar-refractivity contribution is 7.91. The van der Waals surface area contributed by atoms with E-state index in [1.807, 2.05) is 6.92 Å². The maximum absolute atomic E-state index is 13.6. The van der Waals surface area contributed by atoms with Crippen molar-refractivity contribution in [1.29, 1.82) is 5.26 Å². The van der Waals surface area contributed by atoms with E-state index < -0.39 is 38.0 Å². The van der Waals surface area contributed by atoms with Gasteiger partial charge < -0.3 is 5.11 Å². The predicted molar refractivity (Wildman–Crippen MR) is 139 cm³/mol. The number of hydrogen-bond donors (Lipinski definition) is 1. The van der Waals surface area contributed by atoms with Gasteiger partial charge in [0.15, 0.2) is 4.90 Å². The Hall–Kier alpha value is -4.36. The van der Waals surface area contributed by atoms with Crippen molar-refractivity contribution in [2.75, 3.05) is 0 Å². The van der Waals surface area contributed by atoms with Crippen molar-refractivity contribution in [3.05, 3.63) is 100 Å². The first-order valence-electron chi connectivity index (χ1n) is 12.0. The van der Waals surface area contributed by atoms with Crippen molar-refractivity contribution >= 4 is 9.84 Å². The van der Waals surface area contributed by atoms with Crippen LogP contribution in [-0.2, 0) is 16.3 Å². The summed E-state index contributed by atoms with van der Waals surface area (Å²) in [5.74, 6) is -1.00. The molecule has 0 bridgehead atoms. The van der Waals surface area contributed by atoms with Gasteiger partial charge in [-0.1, -0.05) is 37.6 Å². The first kappa shape index (κ1) is 26.7. The number of aromatic hydroxyl groups is 1. The summed E-state index contributed by atoms with van der Waals surface area (Å²) in [7, 11) is -4.48. The lowest BCUT2D eigenvalue weighted by molar-refractivity contribution is 0.369. The van der Waals surface area contributed by atoms with E-state index in [0.29, 0.717) is 35.1 Å². The molecule has 0 saturated heterocycles. The summed E-state index contributed by atoms with van der Waals surface area (Å²) >= 11 is 0. The maximum atomic E-state index is 13.6. The third-order valence-corrected chi connectivity index (χ3v) is 8.03. The number of halogens is 1. The number of nitriles is 1. The molecule has 2 aromatic carbocycles. The van der Waals surface area contributed by atoms with Crippen LogP contribution < -0.4 is 5.56 Å². The van der Waals surface area contributed by atoms with Gasteiger partial charge >= 0.3 is 0 Å². The van der Waals surface area contributed by atoms with Crippen LogP contribution >= 0.6 is 0 Å². The summed E-state index contributed by atoms with van der Waals surface area (Å²) in [6.45, 7) is 3.69. The van der Waals surface area contributed by atoms with E-state index in [1.54, 1.807) is 31.2 Å².